The van der Waals surface area contributed by atoms with Crippen molar-refractivity contribution in [1.29, 1.82) is 0 Å². The molecule has 0 heterocycles. The van der Waals surface area contributed by atoms with Crippen LogP contribution in [0.1, 0.15) is 0 Å². The smallest absolute Gasteiger partial charge is 0.321 e. The third-order valence-corrected chi connectivity index (χ3v) is 2.99. The van der Waals surface area contributed by atoms with Gasteiger partial charge in [-0.15, -0.1) is 0 Å². The van der Waals surface area contributed by atoms with E-state index < -0.39 is 0 Å². The van der Waals surface area contributed by atoms with Crippen molar-refractivity contribution in [3.05, 3.63) is 28.2 Å². The molecule has 0 saturated carbocycles. The number of likely N-dealkylation sites (N-methyl/N-ethyl adjacent to an activating group) is 1. The number of nitrogens with zero attached hydrogens (tertiary/aromatic N) is 1. The average Bonchev–Trinajstić information content (AvgIpc) is 2.31. The number of carbonyl (C=O) groups excluding carboxylic acids is 1. The molecule has 0 bridgehead atoms. The molecule has 2 amide bonds. The molecule has 1 aromatic carbocycles. The lowest BCUT2D eigenvalue weighted by Crippen LogP contribution is -2.33. The van der Waals surface area contributed by atoms with Gasteiger partial charge in [-0.1, -0.05) is 29.3 Å². The van der Waals surface area contributed by atoms with Crippen molar-refractivity contribution < 1.29 is 9.53 Å². The maximum Gasteiger partial charge on any atom is 0.321 e. The van der Waals surface area contributed by atoms with E-state index in [9.17, 15) is 4.79 Å². The van der Waals surface area contributed by atoms with Crippen molar-refractivity contribution in [3.63, 3.8) is 0 Å². The van der Waals surface area contributed by atoms with Crippen LogP contribution in [-0.2, 0) is 4.74 Å². The van der Waals surface area contributed by atoms with Crippen LogP contribution in [0.25, 0.3) is 0 Å². The largest absolute Gasteiger partial charge is 0.383 e. The molecule has 1 aromatic rings. The molecule has 17 heavy (non-hydrogen) atoms. The Morgan fingerprint density at radius 3 is 2.82 bits per heavy atom. The standard InChI is InChI=1S/C11H14Cl2N2O2/c1-15(6-7-17-2)11(16)14-9-5-3-4-8(12)10(9)13/h3-5H,6-7H2,1-2H3,(H,14,16). The Morgan fingerprint density at radius 1 is 1.47 bits per heavy atom. The van der Waals surface area contributed by atoms with Gasteiger partial charge in [0.25, 0.3) is 0 Å². The highest BCUT2D eigenvalue weighted by Crippen LogP contribution is 2.29. The Labute approximate surface area is 110 Å². The van der Waals surface area contributed by atoms with Crippen LogP contribution in [0.15, 0.2) is 18.2 Å². The minimum absolute atomic E-state index is 0.258. The zero-order valence-corrected chi connectivity index (χ0v) is 11.2. The second-order valence-corrected chi connectivity index (χ2v) is 4.23. The Bertz CT molecular complexity index is 399. The van der Waals surface area contributed by atoms with Crippen LogP contribution in [0.2, 0.25) is 10.0 Å². The van der Waals surface area contributed by atoms with Crippen molar-refractivity contribution >= 4 is 34.9 Å². The molecule has 6 heteroatoms. The van der Waals surface area contributed by atoms with Crippen LogP contribution in [0.5, 0.6) is 0 Å². The number of urea groups is 1. The van der Waals surface area contributed by atoms with Gasteiger partial charge in [0, 0.05) is 20.7 Å². The quantitative estimate of drug-likeness (QED) is 0.918. The number of ether oxygens (including phenoxy) is 1. The molecule has 0 radical (unpaired) electrons. The van der Waals surface area contributed by atoms with Crippen molar-refractivity contribution in [1.82, 2.24) is 4.90 Å². The van der Waals surface area contributed by atoms with Gasteiger partial charge in [-0.3, -0.25) is 0 Å². The van der Waals surface area contributed by atoms with Crippen LogP contribution >= 0.6 is 23.2 Å². The highest BCUT2D eigenvalue weighted by molar-refractivity contribution is 6.43. The number of amides is 2. The second kappa shape index (κ2) is 6.69. The number of anilines is 1. The molecule has 0 unspecified atom stereocenters. The zero-order valence-electron chi connectivity index (χ0n) is 9.67. The first-order valence-corrected chi connectivity index (χ1v) is 5.77. The lowest BCUT2D eigenvalue weighted by atomic mass is 10.3. The highest BCUT2D eigenvalue weighted by Gasteiger charge is 2.11. The molecule has 0 aliphatic heterocycles. The van der Waals surface area contributed by atoms with Crippen LogP contribution in [0.4, 0.5) is 10.5 Å². The number of halogens is 2. The Kier molecular flexibility index (Phi) is 5.55. The summed E-state index contributed by atoms with van der Waals surface area (Å²) in [5.41, 5.74) is 0.494. The maximum absolute atomic E-state index is 11.7. The molecule has 0 aliphatic rings. The topological polar surface area (TPSA) is 41.6 Å². The normalized spacial score (nSPS) is 10.1. The number of rotatable bonds is 4. The van der Waals surface area contributed by atoms with Gasteiger partial charge in [0.1, 0.15) is 0 Å². The van der Waals surface area contributed by atoms with Gasteiger partial charge in [-0.25, -0.2) is 4.79 Å². The summed E-state index contributed by atoms with van der Waals surface area (Å²) in [6, 6.07) is 4.81. The molecule has 0 aromatic heterocycles. The molecule has 0 fully saturated rings. The minimum Gasteiger partial charge on any atom is -0.383 e. The first kappa shape index (κ1) is 14.1. The first-order chi connectivity index (χ1) is 8.06. The van der Waals surface area contributed by atoms with E-state index >= 15 is 0 Å². The van der Waals surface area contributed by atoms with E-state index in [0.29, 0.717) is 28.9 Å². The third kappa shape index (κ3) is 4.07. The highest BCUT2D eigenvalue weighted by atomic mass is 35.5. The molecule has 4 nitrogen and oxygen atoms in total. The van der Waals surface area contributed by atoms with Crippen LogP contribution in [0, 0.1) is 0 Å². The molecular weight excluding hydrogens is 263 g/mol. The van der Waals surface area contributed by atoms with Gasteiger partial charge in [0.15, 0.2) is 0 Å². The Morgan fingerprint density at radius 2 is 2.18 bits per heavy atom. The van der Waals surface area contributed by atoms with E-state index in [1.165, 1.54) is 4.90 Å². The number of nitrogens with one attached hydrogen (secondary N) is 1. The molecule has 1 rings (SSSR count). The van der Waals surface area contributed by atoms with Crippen molar-refractivity contribution in [3.8, 4) is 0 Å². The van der Waals surface area contributed by atoms with Gasteiger partial charge in [0.05, 0.1) is 22.3 Å². The molecule has 0 spiro atoms. The lowest BCUT2D eigenvalue weighted by Gasteiger charge is -2.18. The predicted molar refractivity (Wildman–Crippen MR) is 70.0 cm³/mol. The zero-order chi connectivity index (χ0) is 12.8. The second-order valence-electron chi connectivity index (χ2n) is 3.45. The van der Waals surface area contributed by atoms with E-state index in [4.69, 9.17) is 27.9 Å². The predicted octanol–water partition coefficient (Wildman–Crippen LogP) is 3.10. The monoisotopic (exact) mass is 276 g/mol. The van der Waals surface area contributed by atoms with E-state index in [-0.39, 0.29) is 6.03 Å². The number of hydrogen-bond acceptors (Lipinski definition) is 2. The average molecular weight is 277 g/mol. The van der Waals surface area contributed by atoms with Gasteiger partial charge < -0.3 is 15.0 Å². The maximum atomic E-state index is 11.7. The van der Waals surface area contributed by atoms with Crippen molar-refractivity contribution in [2.24, 2.45) is 0 Å². The van der Waals surface area contributed by atoms with E-state index in [2.05, 4.69) is 5.32 Å². The van der Waals surface area contributed by atoms with Crippen molar-refractivity contribution in [2.75, 3.05) is 32.6 Å². The van der Waals surface area contributed by atoms with Crippen LogP contribution < -0.4 is 5.32 Å². The third-order valence-electron chi connectivity index (χ3n) is 2.17. The lowest BCUT2D eigenvalue weighted by molar-refractivity contribution is 0.165. The van der Waals surface area contributed by atoms with Gasteiger partial charge in [0.2, 0.25) is 0 Å². The summed E-state index contributed by atoms with van der Waals surface area (Å²) in [6.45, 7) is 0.980. The number of hydrogen-bond donors (Lipinski definition) is 1. The molecular formula is C11H14Cl2N2O2. The van der Waals surface area contributed by atoms with Crippen LogP contribution in [-0.4, -0.2) is 38.2 Å². The van der Waals surface area contributed by atoms with Crippen molar-refractivity contribution in [2.45, 2.75) is 0 Å². The number of methoxy groups -OCH3 is 1. The number of benzene rings is 1. The minimum atomic E-state index is -0.258. The summed E-state index contributed by atoms with van der Waals surface area (Å²) in [6.07, 6.45) is 0. The summed E-state index contributed by atoms with van der Waals surface area (Å²) in [4.78, 5) is 13.2. The SMILES string of the molecule is COCCN(C)C(=O)Nc1cccc(Cl)c1Cl. The van der Waals surface area contributed by atoms with E-state index in [0.717, 1.165) is 0 Å². The van der Waals surface area contributed by atoms with Crippen LogP contribution in [0.3, 0.4) is 0 Å². The van der Waals surface area contributed by atoms with Gasteiger partial charge in [-0.05, 0) is 12.1 Å². The molecule has 1 N–H and O–H groups in total. The summed E-state index contributed by atoms with van der Waals surface area (Å²) in [7, 11) is 3.26. The molecule has 0 saturated heterocycles. The summed E-state index contributed by atoms with van der Waals surface area (Å²) >= 11 is 11.8. The first-order valence-electron chi connectivity index (χ1n) is 5.01. The molecule has 94 valence electrons. The van der Waals surface area contributed by atoms with Gasteiger partial charge in [-0.2, -0.15) is 0 Å². The molecule has 0 aliphatic carbocycles. The summed E-state index contributed by atoms with van der Waals surface area (Å²) in [5, 5.41) is 3.42. The van der Waals surface area contributed by atoms with E-state index in [1.54, 1.807) is 32.4 Å². The van der Waals surface area contributed by atoms with Gasteiger partial charge >= 0.3 is 6.03 Å². The fraction of sp³-hybridized carbons (Fsp3) is 0.364. The Hall–Kier alpha value is -0.970. The number of carbonyl (C=O) groups is 1. The Balaban J connectivity index is 2.64. The molecule has 0 atom stereocenters. The van der Waals surface area contributed by atoms with E-state index in [1.807, 2.05) is 0 Å². The summed E-state index contributed by atoms with van der Waals surface area (Å²) < 4.78 is 4.89. The summed E-state index contributed by atoms with van der Waals surface area (Å²) in [5.74, 6) is 0. The fourth-order valence-electron chi connectivity index (χ4n) is 1.14. The fourth-order valence-corrected chi connectivity index (χ4v) is 1.49.